The number of Topliss-reactive ketones (excluding diaryl/α,β-unsaturated/α-hetero) is 1. The average Bonchev–Trinajstić information content (AvgIpc) is 3.60. The minimum absolute atomic E-state index is 0.0169. The Morgan fingerprint density at radius 1 is 1.22 bits per heavy atom. The van der Waals surface area contributed by atoms with E-state index < -0.39 is 6.04 Å². The Balaban J connectivity index is 1.57. The monoisotopic (exact) mass is 459 g/mol. The number of likely N-dealkylation sites (tertiary alicyclic amines) is 1. The van der Waals surface area contributed by atoms with Crippen LogP contribution in [0.3, 0.4) is 0 Å². The third kappa shape index (κ3) is 5.66. The van der Waals surface area contributed by atoms with Crippen molar-refractivity contribution in [2.75, 3.05) is 39.3 Å². The fourth-order valence-electron chi connectivity index (χ4n) is 4.55. The molecule has 0 aromatic heterocycles. The van der Waals surface area contributed by atoms with Crippen molar-refractivity contribution in [2.45, 2.75) is 37.5 Å². The topological polar surface area (TPSA) is 69.7 Å². The van der Waals surface area contributed by atoms with Gasteiger partial charge in [-0.1, -0.05) is 36.0 Å². The van der Waals surface area contributed by atoms with Gasteiger partial charge in [0, 0.05) is 56.4 Å². The van der Waals surface area contributed by atoms with E-state index in [0.717, 1.165) is 31.4 Å². The molecular weight excluding hydrogens is 429 g/mol. The number of nitrogens with one attached hydrogen (secondary N) is 1. The molecule has 2 atom stereocenters. The van der Waals surface area contributed by atoms with Gasteiger partial charge in [0.2, 0.25) is 5.91 Å². The summed E-state index contributed by atoms with van der Waals surface area (Å²) in [6, 6.07) is 5.96. The third-order valence-electron chi connectivity index (χ3n) is 6.33. The number of carbonyl (C=O) groups excluding carboxylic acids is 3. The second kappa shape index (κ2) is 10.3. The maximum Gasteiger partial charge on any atom is 0.234 e. The summed E-state index contributed by atoms with van der Waals surface area (Å²) in [6.45, 7) is 5.10. The molecule has 2 aliphatic heterocycles. The van der Waals surface area contributed by atoms with Gasteiger partial charge in [0.25, 0.3) is 0 Å². The van der Waals surface area contributed by atoms with Gasteiger partial charge in [-0.2, -0.15) is 0 Å². The summed E-state index contributed by atoms with van der Waals surface area (Å²) in [5.41, 5.74) is 1.52. The van der Waals surface area contributed by atoms with E-state index in [1.807, 2.05) is 0 Å². The predicted octanol–water partition coefficient (Wildman–Crippen LogP) is 2.56. The number of amides is 1. The van der Waals surface area contributed by atoms with Gasteiger partial charge in [0.1, 0.15) is 5.82 Å². The summed E-state index contributed by atoms with van der Waals surface area (Å²) < 4.78 is 14.7. The highest BCUT2D eigenvalue weighted by Gasteiger charge is 2.41. The number of halogens is 1. The van der Waals surface area contributed by atoms with Crippen LogP contribution in [-0.2, 0) is 14.4 Å². The molecule has 0 bridgehead atoms. The maximum atomic E-state index is 14.7. The van der Waals surface area contributed by atoms with Crippen LogP contribution in [0, 0.1) is 11.7 Å². The first kappa shape index (κ1) is 23.1. The van der Waals surface area contributed by atoms with E-state index in [0.29, 0.717) is 38.3 Å². The molecule has 1 amide bonds. The minimum Gasteiger partial charge on any atom is -0.354 e. The number of thioether (sulfide) groups is 1. The van der Waals surface area contributed by atoms with Crippen molar-refractivity contribution in [3.63, 3.8) is 0 Å². The quantitative estimate of drug-likeness (QED) is 0.632. The first-order chi connectivity index (χ1) is 15.4. The number of benzene rings is 1. The summed E-state index contributed by atoms with van der Waals surface area (Å²) in [5, 5.41) is 2.93. The van der Waals surface area contributed by atoms with Crippen LogP contribution >= 0.6 is 11.8 Å². The summed E-state index contributed by atoms with van der Waals surface area (Å²) in [4.78, 5) is 40.9. The van der Waals surface area contributed by atoms with Crippen molar-refractivity contribution in [2.24, 2.45) is 5.92 Å². The summed E-state index contributed by atoms with van der Waals surface area (Å²) in [5.74, 6) is -0.219. The molecule has 172 valence electrons. The molecule has 3 aliphatic rings. The van der Waals surface area contributed by atoms with Crippen molar-refractivity contribution in [3.8, 4) is 0 Å². The molecule has 1 aromatic carbocycles. The molecule has 1 saturated carbocycles. The standard InChI is InChI=1S/C24H30FN3O3S/c1-16(29)32-21-9-12-28(14-18(21)8-11-27-13-10-26-22(30)15-27)23(24(31)17-6-7-17)19-4-2-3-5-20(19)25/h2-5,8,17,21,23H,6-7,9-15H2,1H3,(H,26,30)/b18-8+. The SMILES string of the molecule is CC(=O)SC1CCN(C(C(=O)C2CC2)c2ccccc2F)C/C1=C\CN1CCNC(=O)C1. The van der Waals surface area contributed by atoms with Gasteiger partial charge in [0.05, 0.1) is 12.6 Å². The van der Waals surface area contributed by atoms with E-state index in [1.54, 1.807) is 25.1 Å². The summed E-state index contributed by atoms with van der Waals surface area (Å²) in [6.07, 6.45) is 4.57. The van der Waals surface area contributed by atoms with Crippen molar-refractivity contribution in [1.82, 2.24) is 15.1 Å². The van der Waals surface area contributed by atoms with E-state index >= 15 is 0 Å². The van der Waals surface area contributed by atoms with Crippen LogP contribution in [0.4, 0.5) is 4.39 Å². The van der Waals surface area contributed by atoms with Crippen LogP contribution in [0.25, 0.3) is 0 Å². The highest BCUT2D eigenvalue weighted by molar-refractivity contribution is 8.14. The molecule has 6 nitrogen and oxygen atoms in total. The van der Waals surface area contributed by atoms with Crippen molar-refractivity contribution < 1.29 is 18.8 Å². The number of piperazine rings is 1. The number of piperidine rings is 1. The summed E-state index contributed by atoms with van der Waals surface area (Å²) in [7, 11) is 0. The number of carbonyl (C=O) groups is 3. The Morgan fingerprint density at radius 2 is 2.00 bits per heavy atom. The smallest absolute Gasteiger partial charge is 0.234 e. The number of nitrogens with zero attached hydrogens (tertiary/aromatic N) is 2. The molecule has 32 heavy (non-hydrogen) atoms. The fraction of sp³-hybridized carbons (Fsp3) is 0.542. The van der Waals surface area contributed by atoms with Gasteiger partial charge in [-0.05, 0) is 30.9 Å². The zero-order valence-corrected chi connectivity index (χ0v) is 19.2. The maximum absolute atomic E-state index is 14.7. The van der Waals surface area contributed by atoms with Gasteiger partial charge in [-0.15, -0.1) is 0 Å². The lowest BCUT2D eigenvalue weighted by Crippen LogP contribution is -2.48. The van der Waals surface area contributed by atoms with E-state index in [9.17, 15) is 18.8 Å². The average molecular weight is 460 g/mol. The van der Waals surface area contributed by atoms with Gasteiger partial charge in [-0.3, -0.25) is 24.2 Å². The summed E-state index contributed by atoms with van der Waals surface area (Å²) >= 11 is 1.32. The van der Waals surface area contributed by atoms with Crippen LogP contribution in [-0.4, -0.2) is 71.1 Å². The Hall–Kier alpha value is -2.03. The molecule has 2 saturated heterocycles. The highest BCUT2D eigenvalue weighted by atomic mass is 32.2. The van der Waals surface area contributed by atoms with Gasteiger partial charge in [-0.25, -0.2) is 4.39 Å². The molecule has 2 heterocycles. The van der Waals surface area contributed by atoms with Crippen LogP contribution in [0.1, 0.15) is 37.8 Å². The molecule has 4 rings (SSSR count). The molecule has 1 aliphatic carbocycles. The van der Waals surface area contributed by atoms with Gasteiger partial charge < -0.3 is 5.32 Å². The fourth-order valence-corrected chi connectivity index (χ4v) is 5.49. The largest absolute Gasteiger partial charge is 0.354 e. The van der Waals surface area contributed by atoms with Crippen molar-refractivity contribution in [1.29, 1.82) is 0 Å². The zero-order chi connectivity index (χ0) is 22.7. The molecular formula is C24H30FN3O3S. The van der Waals surface area contributed by atoms with E-state index in [1.165, 1.54) is 17.8 Å². The molecule has 0 spiro atoms. The van der Waals surface area contributed by atoms with Gasteiger partial charge in [0.15, 0.2) is 10.9 Å². The molecule has 2 unspecified atom stereocenters. The number of hydrogen-bond acceptors (Lipinski definition) is 6. The molecule has 1 aromatic rings. The second-order valence-corrected chi connectivity index (χ2v) is 10.2. The molecule has 8 heteroatoms. The van der Waals surface area contributed by atoms with Crippen LogP contribution < -0.4 is 5.32 Å². The van der Waals surface area contributed by atoms with E-state index in [2.05, 4.69) is 21.2 Å². The second-order valence-electron chi connectivity index (χ2n) is 8.82. The lowest BCUT2D eigenvalue weighted by atomic mass is 9.93. The Labute approximate surface area is 192 Å². The van der Waals surface area contributed by atoms with Crippen molar-refractivity contribution >= 4 is 28.6 Å². The Morgan fingerprint density at radius 3 is 2.69 bits per heavy atom. The van der Waals surface area contributed by atoms with E-state index in [-0.39, 0.29) is 33.8 Å². The minimum atomic E-state index is -0.601. The van der Waals surface area contributed by atoms with Gasteiger partial charge >= 0.3 is 0 Å². The normalized spacial score (nSPS) is 24.9. The Bertz CT molecular complexity index is 918. The molecule has 1 N–H and O–H groups in total. The van der Waals surface area contributed by atoms with Crippen LogP contribution in [0.15, 0.2) is 35.9 Å². The molecule has 0 radical (unpaired) electrons. The third-order valence-corrected chi connectivity index (χ3v) is 7.48. The predicted molar refractivity (Wildman–Crippen MR) is 123 cm³/mol. The lowest BCUT2D eigenvalue weighted by Gasteiger charge is -2.39. The first-order valence-corrected chi connectivity index (χ1v) is 12.2. The Kier molecular flexibility index (Phi) is 7.43. The van der Waals surface area contributed by atoms with Crippen LogP contribution in [0.5, 0.6) is 0 Å². The number of hydrogen-bond donors (Lipinski definition) is 1. The molecule has 3 fully saturated rings. The van der Waals surface area contributed by atoms with Crippen LogP contribution in [0.2, 0.25) is 0 Å². The first-order valence-electron chi connectivity index (χ1n) is 11.3. The number of rotatable bonds is 7. The van der Waals surface area contributed by atoms with E-state index in [4.69, 9.17) is 0 Å². The zero-order valence-electron chi connectivity index (χ0n) is 18.4. The van der Waals surface area contributed by atoms with Crippen molar-refractivity contribution in [3.05, 3.63) is 47.3 Å². The number of ketones is 1. The highest BCUT2D eigenvalue weighted by Crippen LogP contribution is 2.40. The lowest BCUT2D eigenvalue weighted by molar-refractivity contribution is -0.126.